The van der Waals surface area contributed by atoms with E-state index in [1.165, 1.54) is 0 Å². The Labute approximate surface area is 129 Å². The average Bonchev–Trinajstić information content (AvgIpc) is 2.40. The normalized spacial score (nSPS) is 12.4. The molecule has 1 atom stereocenters. The number of hydrogen-bond donors (Lipinski definition) is 0. The van der Waals surface area contributed by atoms with Gasteiger partial charge in [0.2, 0.25) is 5.88 Å². The van der Waals surface area contributed by atoms with Crippen molar-refractivity contribution in [2.75, 3.05) is 13.6 Å². The van der Waals surface area contributed by atoms with Crippen LogP contribution >= 0.6 is 15.9 Å². The molecule has 1 aromatic rings. The monoisotopic (exact) mass is 339 g/mol. The van der Waals surface area contributed by atoms with Crippen LogP contribution in [-0.4, -0.2) is 35.9 Å². The highest BCUT2D eigenvalue weighted by Gasteiger charge is 2.11. The Kier molecular flexibility index (Phi) is 6.71. The fourth-order valence-corrected chi connectivity index (χ4v) is 1.88. The van der Waals surface area contributed by atoms with E-state index in [2.05, 4.69) is 39.4 Å². The molecule has 0 spiro atoms. The molecule has 0 amide bonds. The minimum Gasteiger partial charge on any atom is -0.474 e. The Morgan fingerprint density at radius 3 is 2.90 bits per heavy atom. The van der Waals surface area contributed by atoms with Crippen molar-refractivity contribution in [2.24, 2.45) is 4.99 Å². The molecule has 0 unspecified atom stereocenters. The first-order valence-electron chi connectivity index (χ1n) is 6.67. The Morgan fingerprint density at radius 1 is 1.60 bits per heavy atom. The number of aliphatic imine (C=N–C) groups is 1. The summed E-state index contributed by atoms with van der Waals surface area (Å²) in [6.45, 7) is 10.6. The molecule has 0 aliphatic carbocycles. The van der Waals surface area contributed by atoms with Crippen LogP contribution in [0, 0.1) is 6.92 Å². The second-order valence-electron chi connectivity index (χ2n) is 4.65. The quantitative estimate of drug-likeness (QED) is 0.426. The summed E-state index contributed by atoms with van der Waals surface area (Å²) < 4.78 is 6.59. The maximum absolute atomic E-state index is 5.78. The second-order valence-corrected chi connectivity index (χ2v) is 5.50. The molecular formula is C15H22BrN3O. The molecule has 0 saturated heterocycles. The van der Waals surface area contributed by atoms with Gasteiger partial charge in [0.25, 0.3) is 0 Å². The van der Waals surface area contributed by atoms with Crippen LogP contribution < -0.4 is 4.74 Å². The fourth-order valence-electron chi connectivity index (χ4n) is 1.48. The van der Waals surface area contributed by atoms with Crippen LogP contribution in [0.3, 0.4) is 0 Å². The van der Waals surface area contributed by atoms with E-state index in [0.717, 1.165) is 28.8 Å². The molecule has 0 aromatic carbocycles. The standard InChI is InChI=1S/C15H22BrN3O/c1-6-8-11(3)20-15-13(16)9-14(12(4)18-15)17-10-19(5)7-2/h6,9-11H,1,7-8H2,2-5H3/b17-10+/t11-/m1/s1. The fraction of sp³-hybridized carbons (Fsp3) is 0.467. The summed E-state index contributed by atoms with van der Waals surface area (Å²) in [5.74, 6) is 0.597. The molecule has 0 aliphatic rings. The van der Waals surface area contributed by atoms with Crippen LogP contribution in [0.25, 0.3) is 0 Å². The van der Waals surface area contributed by atoms with E-state index in [4.69, 9.17) is 4.74 Å². The predicted octanol–water partition coefficient (Wildman–Crippen LogP) is 4.11. The zero-order valence-electron chi connectivity index (χ0n) is 12.6. The van der Waals surface area contributed by atoms with Crippen molar-refractivity contribution < 1.29 is 4.74 Å². The summed E-state index contributed by atoms with van der Waals surface area (Å²) in [5.41, 5.74) is 1.68. The topological polar surface area (TPSA) is 37.7 Å². The zero-order valence-corrected chi connectivity index (χ0v) is 14.1. The number of hydrogen-bond acceptors (Lipinski definition) is 3. The van der Waals surface area contributed by atoms with Gasteiger partial charge in [0.05, 0.1) is 22.2 Å². The number of halogens is 1. The van der Waals surface area contributed by atoms with E-state index in [-0.39, 0.29) is 6.10 Å². The first kappa shape index (κ1) is 16.7. The third kappa shape index (κ3) is 4.96. The highest BCUT2D eigenvalue weighted by molar-refractivity contribution is 9.10. The van der Waals surface area contributed by atoms with E-state index < -0.39 is 0 Å². The molecular weight excluding hydrogens is 318 g/mol. The zero-order chi connectivity index (χ0) is 15.1. The summed E-state index contributed by atoms with van der Waals surface area (Å²) in [6, 6.07) is 1.93. The van der Waals surface area contributed by atoms with E-state index in [1.807, 2.05) is 37.9 Å². The number of rotatable bonds is 7. The van der Waals surface area contributed by atoms with E-state index >= 15 is 0 Å². The minimum atomic E-state index is 0.0521. The third-order valence-electron chi connectivity index (χ3n) is 2.81. The number of nitrogens with zero attached hydrogens (tertiary/aromatic N) is 3. The van der Waals surface area contributed by atoms with Gasteiger partial charge in [-0.15, -0.1) is 6.58 Å². The summed E-state index contributed by atoms with van der Waals surface area (Å²) in [6.07, 6.45) is 4.48. The van der Waals surface area contributed by atoms with Gasteiger partial charge in [-0.1, -0.05) is 6.08 Å². The lowest BCUT2D eigenvalue weighted by molar-refractivity contribution is 0.214. The van der Waals surface area contributed by atoms with Gasteiger partial charge in [-0.25, -0.2) is 9.98 Å². The molecule has 1 heterocycles. The van der Waals surface area contributed by atoms with Gasteiger partial charge in [0.1, 0.15) is 6.10 Å². The summed E-state index contributed by atoms with van der Waals surface area (Å²) in [4.78, 5) is 10.9. The molecule has 1 rings (SSSR count). The van der Waals surface area contributed by atoms with Gasteiger partial charge in [0.15, 0.2) is 0 Å². The lowest BCUT2D eigenvalue weighted by atomic mass is 10.3. The van der Waals surface area contributed by atoms with Crippen molar-refractivity contribution in [1.82, 2.24) is 9.88 Å². The lowest BCUT2D eigenvalue weighted by Crippen LogP contribution is -2.14. The van der Waals surface area contributed by atoms with Gasteiger partial charge >= 0.3 is 0 Å². The number of aryl methyl sites for hydroxylation is 1. The van der Waals surface area contributed by atoms with E-state index in [9.17, 15) is 0 Å². The molecule has 0 bridgehead atoms. The largest absolute Gasteiger partial charge is 0.474 e. The SMILES string of the molecule is C=CC[C@@H](C)Oc1nc(C)c(/N=C/N(C)CC)cc1Br. The average molecular weight is 340 g/mol. The Bertz CT molecular complexity index is 488. The number of aromatic nitrogens is 1. The van der Waals surface area contributed by atoms with Crippen molar-refractivity contribution in [3.8, 4) is 5.88 Å². The van der Waals surface area contributed by atoms with Gasteiger partial charge in [-0.05, 0) is 42.8 Å². The molecule has 0 N–H and O–H groups in total. The van der Waals surface area contributed by atoms with Crippen LogP contribution in [0.5, 0.6) is 5.88 Å². The highest BCUT2D eigenvalue weighted by Crippen LogP contribution is 2.30. The van der Waals surface area contributed by atoms with Crippen LogP contribution in [0.15, 0.2) is 28.2 Å². The third-order valence-corrected chi connectivity index (χ3v) is 3.38. The van der Waals surface area contributed by atoms with Crippen molar-refractivity contribution in [3.05, 3.63) is 28.9 Å². The number of pyridine rings is 1. The molecule has 1 aromatic heterocycles. The summed E-state index contributed by atoms with van der Waals surface area (Å²) >= 11 is 3.48. The first-order valence-corrected chi connectivity index (χ1v) is 7.46. The van der Waals surface area contributed by atoms with Gasteiger partial charge in [0, 0.05) is 20.0 Å². The highest BCUT2D eigenvalue weighted by atomic mass is 79.9. The van der Waals surface area contributed by atoms with Crippen molar-refractivity contribution in [1.29, 1.82) is 0 Å². The maximum Gasteiger partial charge on any atom is 0.228 e. The summed E-state index contributed by atoms with van der Waals surface area (Å²) in [7, 11) is 1.98. The van der Waals surface area contributed by atoms with Gasteiger partial charge in [-0.2, -0.15) is 0 Å². The first-order chi connectivity index (χ1) is 9.47. The summed E-state index contributed by atoms with van der Waals surface area (Å²) in [5, 5.41) is 0. The second kappa shape index (κ2) is 8.04. The van der Waals surface area contributed by atoms with Crippen LogP contribution in [0.4, 0.5) is 5.69 Å². The molecule has 110 valence electrons. The Balaban J connectivity index is 2.91. The molecule has 0 radical (unpaired) electrons. The van der Waals surface area contributed by atoms with Crippen LogP contribution in [0.1, 0.15) is 26.0 Å². The lowest BCUT2D eigenvalue weighted by Gasteiger charge is -2.14. The molecule has 4 nitrogen and oxygen atoms in total. The van der Waals surface area contributed by atoms with Gasteiger partial charge in [-0.3, -0.25) is 0 Å². The van der Waals surface area contributed by atoms with Crippen molar-refractivity contribution in [3.63, 3.8) is 0 Å². The molecule has 5 heteroatoms. The van der Waals surface area contributed by atoms with Crippen LogP contribution in [-0.2, 0) is 0 Å². The van der Waals surface area contributed by atoms with E-state index in [0.29, 0.717) is 5.88 Å². The van der Waals surface area contributed by atoms with Crippen LogP contribution in [0.2, 0.25) is 0 Å². The number of ether oxygens (including phenoxy) is 1. The van der Waals surface area contributed by atoms with Crippen molar-refractivity contribution in [2.45, 2.75) is 33.3 Å². The smallest absolute Gasteiger partial charge is 0.228 e. The molecule has 0 fully saturated rings. The van der Waals surface area contributed by atoms with Crippen molar-refractivity contribution >= 4 is 28.0 Å². The van der Waals surface area contributed by atoms with Gasteiger partial charge < -0.3 is 9.64 Å². The predicted molar refractivity (Wildman–Crippen MR) is 88.0 cm³/mol. The maximum atomic E-state index is 5.78. The molecule has 0 aliphatic heterocycles. The molecule has 0 saturated carbocycles. The minimum absolute atomic E-state index is 0.0521. The molecule has 20 heavy (non-hydrogen) atoms. The van der Waals surface area contributed by atoms with E-state index in [1.54, 1.807) is 6.34 Å². The Hall–Kier alpha value is -1.36. The Morgan fingerprint density at radius 2 is 2.30 bits per heavy atom.